The van der Waals surface area contributed by atoms with Crippen LogP contribution in [0.5, 0.6) is 0 Å². The number of hydrogen-bond acceptors (Lipinski definition) is 2. The van der Waals surface area contributed by atoms with E-state index in [1.165, 1.54) is 12.1 Å². The molecule has 0 unspecified atom stereocenters. The van der Waals surface area contributed by atoms with Crippen LogP contribution in [-0.4, -0.2) is 11.9 Å². The monoisotopic (exact) mass is 294 g/mol. The second kappa shape index (κ2) is 6.18. The molecule has 0 saturated heterocycles. The van der Waals surface area contributed by atoms with Crippen LogP contribution in [0.3, 0.4) is 0 Å². The van der Waals surface area contributed by atoms with Crippen molar-refractivity contribution in [3.05, 3.63) is 65.2 Å². The molecule has 0 aliphatic carbocycles. The van der Waals surface area contributed by atoms with E-state index in [0.717, 1.165) is 11.6 Å². The molecular weight excluding hydrogens is 277 g/mol. The lowest BCUT2D eigenvalue weighted by Crippen LogP contribution is -2.20. The highest BCUT2D eigenvalue weighted by Gasteiger charge is 2.33. The van der Waals surface area contributed by atoms with Gasteiger partial charge >= 0.3 is 6.18 Å². The van der Waals surface area contributed by atoms with Crippen molar-refractivity contribution in [2.45, 2.75) is 19.3 Å². The highest BCUT2D eigenvalue weighted by Crippen LogP contribution is 2.33. The highest BCUT2D eigenvalue weighted by atomic mass is 19.4. The van der Waals surface area contributed by atoms with Crippen molar-refractivity contribution in [3.8, 4) is 0 Å². The smallest absolute Gasteiger partial charge is 0.399 e. The third-order valence-corrected chi connectivity index (χ3v) is 3.17. The maximum absolute atomic E-state index is 13.0. The van der Waals surface area contributed by atoms with E-state index in [0.29, 0.717) is 6.54 Å². The van der Waals surface area contributed by atoms with Gasteiger partial charge in [-0.3, -0.25) is 4.90 Å². The molecule has 5 heteroatoms. The van der Waals surface area contributed by atoms with Crippen molar-refractivity contribution in [2.75, 3.05) is 12.8 Å². The van der Waals surface area contributed by atoms with Crippen LogP contribution in [0.1, 0.15) is 16.7 Å². The van der Waals surface area contributed by atoms with Gasteiger partial charge in [-0.05, 0) is 30.3 Å². The Bertz CT molecular complexity index is 594. The fraction of sp³-hybridized carbons (Fsp3) is 0.250. The first-order valence-electron chi connectivity index (χ1n) is 6.54. The van der Waals surface area contributed by atoms with Gasteiger partial charge in [0.1, 0.15) is 0 Å². The molecule has 0 radical (unpaired) electrons. The summed E-state index contributed by atoms with van der Waals surface area (Å²) in [4.78, 5) is 1.84. The van der Waals surface area contributed by atoms with Crippen molar-refractivity contribution in [1.82, 2.24) is 4.90 Å². The number of halogens is 3. The lowest BCUT2D eigenvalue weighted by molar-refractivity contribution is -0.138. The van der Waals surface area contributed by atoms with Crippen LogP contribution in [0, 0.1) is 0 Å². The van der Waals surface area contributed by atoms with Crippen molar-refractivity contribution >= 4 is 5.69 Å². The van der Waals surface area contributed by atoms with E-state index in [2.05, 4.69) is 0 Å². The average Bonchev–Trinajstić information content (AvgIpc) is 2.40. The van der Waals surface area contributed by atoms with E-state index in [9.17, 15) is 13.2 Å². The highest BCUT2D eigenvalue weighted by molar-refractivity contribution is 5.46. The Hall–Kier alpha value is -2.01. The predicted molar refractivity (Wildman–Crippen MR) is 77.5 cm³/mol. The Morgan fingerprint density at radius 2 is 1.67 bits per heavy atom. The fourth-order valence-electron chi connectivity index (χ4n) is 2.24. The van der Waals surface area contributed by atoms with Gasteiger partial charge in [-0.15, -0.1) is 0 Å². The second-order valence-corrected chi connectivity index (χ2v) is 5.07. The van der Waals surface area contributed by atoms with Crippen LogP contribution in [-0.2, 0) is 19.3 Å². The first-order valence-corrected chi connectivity index (χ1v) is 6.54. The molecule has 0 heterocycles. The molecule has 112 valence electrons. The Morgan fingerprint density at radius 1 is 1.00 bits per heavy atom. The number of hydrogen-bond donors (Lipinski definition) is 1. The third kappa shape index (κ3) is 4.23. The number of anilines is 1. The number of rotatable bonds is 4. The molecular formula is C16H17F3N2. The zero-order valence-corrected chi connectivity index (χ0v) is 11.7. The van der Waals surface area contributed by atoms with Crippen LogP contribution in [0.4, 0.5) is 18.9 Å². The molecule has 0 aromatic heterocycles. The maximum Gasteiger partial charge on any atom is 0.416 e. The average molecular weight is 294 g/mol. The van der Waals surface area contributed by atoms with Gasteiger partial charge in [0, 0.05) is 18.8 Å². The van der Waals surface area contributed by atoms with Crippen LogP contribution in [0.15, 0.2) is 48.5 Å². The number of nitrogens with two attached hydrogens (primary N) is 1. The van der Waals surface area contributed by atoms with Crippen molar-refractivity contribution in [3.63, 3.8) is 0 Å². The van der Waals surface area contributed by atoms with E-state index in [1.807, 2.05) is 35.2 Å². The summed E-state index contributed by atoms with van der Waals surface area (Å²) in [5, 5.41) is 0. The lowest BCUT2D eigenvalue weighted by Gasteiger charge is -2.20. The van der Waals surface area contributed by atoms with Crippen molar-refractivity contribution in [2.24, 2.45) is 0 Å². The van der Waals surface area contributed by atoms with Crippen LogP contribution >= 0.6 is 0 Å². The Morgan fingerprint density at radius 3 is 2.29 bits per heavy atom. The molecule has 0 atom stereocenters. The number of nitrogens with zero attached hydrogens (tertiary/aromatic N) is 1. The summed E-state index contributed by atoms with van der Waals surface area (Å²) in [7, 11) is 1.80. The standard InChI is InChI=1S/C16H17F3N2/c1-21(10-12-5-3-2-4-6-12)11-13-7-8-14(20)9-15(13)16(17,18)19/h2-9H,10-11,20H2,1H3. The van der Waals surface area contributed by atoms with Crippen LogP contribution < -0.4 is 5.73 Å². The van der Waals surface area contributed by atoms with Gasteiger partial charge in [-0.1, -0.05) is 36.4 Å². The van der Waals surface area contributed by atoms with E-state index < -0.39 is 11.7 Å². The SMILES string of the molecule is CN(Cc1ccccc1)Cc1ccc(N)cc1C(F)(F)F. The van der Waals surface area contributed by atoms with Gasteiger partial charge in [0.2, 0.25) is 0 Å². The van der Waals surface area contributed by atoms with E-state index in [4.69, 9.17) is 5.73 Å². The van der Waals surface area contributed by atoms with Crippen molar-refractivity contribution in [1.29, 1.82) is 0 Å². The predicted octanol–water partition coefficient (Wildman–Crippen LogP) is 3.92. The van der Waals surface area contributed by atoms with E-state index in [1.54, 1.807) is 7.05 Å². The molecule has 0 spiro atoms. The maximum atomic E-state index is 13.0. The normalized spacial score (nSPS) is 11.9. The first kappa shape index (κ1) is 15.4. The molecule has 2 aromatic rings. The zero-order valence-electron chi connectivity index (χ0n) is 11.7. The lowest BCUT2D eigenvalue weighted by atomic mass is 10.1. The van der Waals surface area contributed by atoms with E-state index >= 15 is 0 Å². The Labute approximate surface area is 122 Å². The van der Waals surface area contributed by atoms with Crippen molar-refractivity contribution < 1.29 is 13.2 Å². The summed E-state index contributed by atoms with van der Waals surface area (Å²) < 4.78 is 39.1. The topological polar surface area (TPSA) is 29.3 Å². The fourth-order valence-corrected chi connectivity index (χ4v) is 2.24. The summed E-state index contributed by atoms with van der Waals surface area (Å²) in [5.74, 6) is 0. The minimum atomic E-state index is -4.39. The molecule has 2 rings (SSSR count). The minimum absolute atomic E-state index is 0.122. The summed E-state index contributed by atoms with van der Waals surface area (Å²) in [5.41, 5.74) is 6.21. The largest absolute Gasteiger partial charge is 0.416 e. The summed E-state index contributed by atoms with van der Waals surface area (Å²) >= 11 is 0. The van der Waals surface area contributed by atoms with Crippen LogP contribution in [0.2, 0.25) is 0 Å². The number of alkyl halides is 3. The van der Waals surface area contributed by atoms with E-state index in [-0.39, 0.29) is 17.8 Å². The second-order valence-electron chi connectivity index (χ2n) is 5.07. The summed E-state index contributed by atoms with van der Waals surface area (Å²) in [6.45, 7) is 0.798. The summed E-state index contributed by atoms with van der Waals surface area (Å²) in [6.07, 6.45) is -4.39. The van der Waals surface area contributed by atoms with Gasteiger partial charge in [-0.25, -0.2) is 0 Å². The molecule has 2 N–H and O–H groups in total. The molecule has 0 fully saturated rings. The molecule has 0 aliphatic heterocycles. The van der Waals surface area contributed by atoms with Gasteiger partial charge in [0.05, 0.1) is 5.56 Å². The number of benzene rings is 2. The summed E-state index contributed by atoms with van der Waals surface area (Å²) in [6, 6.07) is 13.6. The minimum Gasteiger partial charge on any atom is -0.399 e. The molecule has 0 amide bonds. The van der Waals surface area contributed by atoms with Gasteiger partial charge in [0.25, 0.3) is 0 Å². The molecule has 0 bridgehead atoms. The first-order chi connectivity index (χ1) is 9.86. The third-order valence-electron chi connectivity index (χ3n) is 3.17. The molecule has 21 heavy (non-hydrogen) atoms. The molecule has 0 aliphatic rings. The van der Waals surface area contributed by atoms with Crippen LogP contribution in [0.25, 0.3) is 0 Å². The van der Waals surface area contributed by atoms with Gasteiger partial charge in [0.15, 0.2) is 0 Å². The van der Waals surface area contributed by atoms with Gasteiger partial charge in [-0.2, -0.15) is 13.2 Å². The Kier molecular flexibility index (Phi) is 4.53. The molecule has 0 saturated carbocycles. The number of nitrogen functional groups attached to an aromatic ring is 1. The molecule has 2 nitrogen and oxygen atoms in total. The quantitative estimate of drug-likeness (QED) is 0.866. The Balaban J connectivity index is 2.16. The zero-order chi connectivity index (χ0) is 15.5. The molecule has 2 aromatic carbocycles. The van der Waals surface area contributed by atoms with Gasteiger partial charge < -0.3 is 5.73 Å².